The number of rotatable bonds is 6. The summed E-state index contributed by atoms with van der Waals surface area (Å²) in [5, 5.41) is 30.0. The molecular formula is C20H16BrN7O. The van der Waals surface area contributed by atoms with E-state index in [2.05, 4.69) is 47.8 Å². The molecule has 144 valence electrons. The minimum atomic E-state index is -0.470. The van der Waals surface area contributed by atoms with E-state index in [4.69, 9.17) is 10.5 Å². The first-order valence-corrected chi connectivity index (χ1v) is 9.46. The Morgan fingerprint density at radius 3 is 2.59 bits per heavy atom. The molecule has 0 spiro atoms. The second kappa shape index (κ2) is 9.00. The minimum Gasteiger partial charge on any atom is -0.335 e. The number of nitrogens with one attached hydrogen (secondary N) is 3. The van der Waals surface area contributed by atoms with Gasteiger partial charge in [0.15, 0.2) is 0 Å². The van der Waals surface area contributed by atoms with Crippen LogP contribution in [0, 0.1) is 29.6 Å². The topological polar surface area (TPSA) is 130 Å². The zero-order valence-electron chi connectivity index (χ0n) is 15.5. The summed E-state index contributed by atoms with van der Waals surface area (Å²) in [7, 11) is 0. The highest BCUT2D eigenvalue weighted by atomic mass is 79.9. The molecule has 0 aliphatic rings. The van der Waals surface area contributed by atoms with Crippen LogP contribution in [-0.4, -0.2) is 15.2 Å². The smallest absolute Gasteiger partial charge is 0.307 e. The number of aromatic amines is 1. The Morgan fingerprint density at radius 2 is 1.93 bits per heavy atom. The summed E-state index contributed by atoms with van der Waals surface area (Å²) in [4.78, 5) is 16.3. The molecule has 0 saturated carbocycles. The molecule has 0 bridgehead atoms. The number of benzene rings is 2. The molecule has 9 heteroatoms. The van der Waals surface area contributed by atoms with Crippen molar-refractivity contribution >= 4 is 39.1 Å². The van der Waals surface area contributed by atoms with Crippen molar-refractivity contribution in [3.63, 3.8) is 0 Å². The van der Waals surface area contributed by atoms with E-state index in [0.717, 1.165) is 21.3 Å². The fraction of sp³-hybridized carbons (Fsp3) is 0.150. The van der Waals surface area contributed by atoms with E-state index in [0.29, 0.717) is 24.1 Å². The summed E-state index contributed by atoms with van der Waals surface area (Å²) in [5.41, 5.74) is 3.44. The molecule has 0 aliphatic heterocycles. The van der Waals surface area contributed by atoms with Gasteiger partial charge in [0.25, 0.3) is 0 Å². The number of anilines is 4. The lowest BCUT2D eigenvalue weighted by molar-refractivity contribution is 0.944. The first-order valence-electron chi connectivity index (χ1n) is 8.67. The molecule has 3 N–H and O–H groups in total. The zero-order chi connectivity index (χ0) is 20.8. The molecule has 0 fully saturated rings. The number of hydrogen-bond acceptors (Lipinski definition) is 7. The van der Waals surface area contributed by atoms with Crippen LogP contribution >= 0.6 is 15.9 Å². The third-order valence-electron chi connectivity index (χ3n) is 4.08. The van der Waals surface area contributed by atoms with Crippen LogP contribution in [0.3, 0.4) is 0 Å². The standard InChI is InChI=1S/C20H16BrN7O/c1-12-9-14(3-2-8-22)10-16(21)17(12)25-20-26-18(19(29)27-28-20)24-15-6-4-13(11-23)5-7-15/h4-7,9-10H,2-3H2,1H3,(H,27,29)(H2,24,25,26,28). The van der Waals surface area contributed by atoms with Gasteiger partial charge in [-0.2, -0.15) is 15.5 Å². The summed E-state index contributed by atoms with van der Waals surface area (Å²) >= 11 is 3.53. The molecule has 2 aromatic carbocycles. The van der Waals surface area contributed by atoms with E-state index < -0.39 is 5.56 Å². The van der Waals surface area contributed by atoms with Gasteiger partial charge in [-0.05, 0) is 70.7 Å². The molecule has 1 aromatic heterocycles. The van der Waals surface area contributed by atoms with Crippen LogP contribution in [0.4, 0.5) is 23.1 Å². The summed E-state index contributed by atoms with van der Waals surface area (Å²) in [6.07, 6.45) is 1.12. The number of halogens is 1. The third-order valence-corrected chi connectivity index (χ3v) is 4.71. The lowest BCUT2D eigenvalue weighted by Crippen LogP contribution is -2.17. The maximum Gasteiger partial charge on any atom is 0.307 e. The molecule has 0 atom stereocenters. The summed E-state index contributed by atoms with van der Waals surface area (Å²) in [6.45, 7) is 1.94. The number of nitriles is 2. The van der Waals surface area contributed by atoms with Crippen LogP contribution in [0.5, 0.6) is 0 Å². The Balaban J connectivity index is 1.84. The summed E-state index contributed by atoms with van der Waals surface area (Å²) < 4.78 is 0.807. The third kappa shape index (κ3) is 4.98. The lowest BCUT2D eigenvalue weighted by atomic mass is 10.1. The normalized spacial score (nSPS) is 10.1. The summed E-state index contributed by atoms with van der Waals surface area (Å²) in [5.74, 6) is 0.293. The van der Waals surface area contributed by atoms with E-state index in [1.54, 1.807) is 24.3 Å². The van der Waals surface area contributed by atoms with Crippen molar-refractivity contribution in [3.8, 4) is 12.1 Å². The second-order valence-electron chi connectivity index (χ2n) is 6.20. The van der Waals surface area contributed by atoms with Crippen LogP contribution in [0.1, 0.15) is 23.1 Å². The Morgan fingerprint density at radius 1 is 1.17 bits per heavy atom. The maximum atomic E-state index is 12.1. The average Bonchev–Trinajstić information content (AvgIpc) is 2.72. The fourth-order valence-corrected chi connectivity index (χ4v) is 3.38. The minimum absolute atomic E-state index is 0.0756. The molecule has 0 radical (unpaired) electrons. The van der Waals surface area contributed by atoms with Crippen molar-refractivity contribution in [2.45, 2.75) is 19.8 Å². The maximum absolute atomic E-state index is 12.1. The van der Waals surface area contributed by atoms with Crippen LogP contribution in [0.25, 0.3) is 0 Å². The fourth-order valence-electron chi connectivity index (χ4n) is 2.67. The van der Waals surface area contributed by atoms with Crippen molar-refractivity contribution in [2.75, 3.05) is 10.6 Å². The van der Waals surface area contributed by atoms with Gasteiger partial charge in [-0.15, -0.1) is 5.10 Å². The van der Waals surface area contributed by atoms with Crippen LogP contribution in [0.15, 0.2) is 45.7 Å². The van der Waals surface area contributed by atoms with Crippen LogP contribution < -0.4 is 16.2 Å². The molecule has 0 saturated heterocycles. The van der Waals surface area contributed by atoms with Crippen LogP contribution in [0.2, 0.25) is 0 Å². The first kappa shape index (κ1) is 20.1. The van der Waals surface area contributed by atoms with Gasteiger partial charge in [-0.3, -0.25) is 4.79 Å². The predicted molar refractivity (Wildman–Crippen MR) is 113 cm³/mol. The molecule has 8 nitrogen and oxygen atoms in total. The van der Waals surface area contributed by atoms with Gasteiger partial charge in [0.2, 0.25) is 11.8 Å². The molecular weight excluding hydrogens is 434 g/mol. The van der Waals surface area contributed by atoms with E-state index >= 15 is 0 Å². The Bertz CT molecular complexity index is 1150. The Kier molecular flexibility index (Phi) is 6.22. The SMILES string of the molecule is Cc1cc(CCC#N)cc(Br)c1Nc1n[nH]c(=O)c(Nc2ccc(C#N)cc2)n1. The average molecular weight is 450 g/mol. The quantitative estimate of drug-likeness (QED) is 0.517. The van der Waals surface area contributed by atoms with Crippen molar-refractivity contribution in [3.05, 3.63) is 67.9 Å². The molecule has 1 heterocycles. The van der Waals surface area contributed by atoms with Crippen molar-refractivity contribution in [1.82, 2.24) is 15.2 Å². The number of H-pyrrole nitrogens is 1. The van der Waals surface area contributed by atoms with E-state index in [1.165, 1.54) is 0 Å². The van der Waals surface area contributed by atoms with Crippen molar-refractivity contribution in [2.24, 2.45) is 0 Å². The van der Waals surface area contributed by atoms with Gasteiger partial charge >= 0.3 is 5.56 Å². The van der Waals surface area contributed by atoms with E-state index in [1.807, 2.05) is 25.1 Å². The van der Waals surface area contributed by atoms with Gasteiger partial charge in [0, 0.05) is 16.6 Å². The predicted octanol–water partition coefficient (Wildman–Crippen LogP) is 4.05. The monoisotopic (exact) mass is 449 g/mol. The van der Waals surface area contributed by atoms with E-state index in [-0.39, 0.29) is 11.8 Å². The van der Waals surface area contributed by atoms with Crippen molar-refractivity contribution in [1.29, 1.82) is 10.5 Å². The number of aromatic nitrogens is 3. The van der Waals surface area contributed by atoms with Crippen LogP contribution in [-0.2, 0) is 6.42 Å². The first-order chi connectivity index (χ1) is 14.0. The molecule has 0 amide bonds. The highest BCUT2D eigenvalue weighted by Gasteiger charge is 2.11. The second-order valence-corrected chi connectivity index (χ2v) is 7.06. The molecule has 3 rings (SSSR count). The zero-order valence-corrected chi connectivity index (χ0v) is 17.0. The highest BCUT2D eigenvalue weighted by Crippen LogP contribution is 2.30. The van der Waals surface area contributed by atoms with Crippen molar-refractivity contribution < 1.29 is 0 Å². The van der Waals surface area contributed by atoms with Gasteiger partial charge in [0.05, 0.1) is 23.4 Å². The number of nitrogens with zero attached hydrogens (tertiary/aromatic N) is 4. The Labute approximate surface area is 175 Å². The molecule has 3 aromatic rings. The van der Waals surface area contributed by atoms with Gasteiger partial charge in [0.1, 0.15) is 0 Å². The lowest BCUT2D eigenvalue weighted by Gasteiger charge is -2.13. The number of hydrogen-bond donors (Lipinski definition) is 3. The Hall–Kier alpha value is -3.69. The summed E-state index contributed by atoms with van der Waals surface area (Å²) in [6, 6.07) is 14.8. The number of aryl methyl sites for hydroxylation is 2. The van der Waals surface area contributed by atoms with Gasteiger partial charge < -0.3 is 10.6 Å². The highest BCUT2D eigenvalue weighted by molar-refractivity contribution is 9.10. The van der Waals surface area contributed by atoms with Gasteiger partial charge in [-0.1, -0.05) is 6.07 Å². The molecule has 0 aliphatic carbocycles. The largest absolute Gasteiger partial charge is 0.335 e. The molecule has 0 unspecified atom stereocenters. The van der Waals surface area contributed by atoms with E-state index in [9.17, 15) is 4.79 Å². The molecule has 29 heavy (non-hydrogen) atoms. The van der Waals surface area contributed by atoms with Gasteiger partial charge in [-0.25, -0.2) is 5.10 Å².